The molecule has 0 saturated heterocycles. The van der Waals surface area contributed by atoms with Crippen LogP contribution in [0.5, 0.6) is 0 Å². The Morgan fingerprint density at radius 3 is 2.41 bits per heavy atom. The first-order chi connectivity index (χ1) is 10.4. The second kappa shape index (κ2) is 9.70. The van der Waals surface area contributed by atoms with E-state index in [2.05, 4.69) is 11.5 Å². The number of amides is 1. The topological polar surface area (TPSA) is 23.6 Å². The Bertz CT molecular complexity index is 488. The smallest absolute Gasteiger partial charge is 0.226 e. The van der Waals surface area contributed by atoms with Gasteiger partial charge in [-0.3, -0.25) is 4.79 Å². The van der Waals surface area contributed by atoms with Crippen LogP contribution in [0.15, 0.2) is 36.2 Å². The molecule has 0 bridgehead atoms. The van der Waals surface area contributed by atoms with Gasteiger partial charge in [-0.1, -0.05) is 32.6 Å². The average molecular weight is 324 g/mol. The summed E-state index contributed by atoms with van der Waals surface area (Å²) < 4.78 is 12.9. The molecule has 0 heterocycles. The second-order valence-corrected chi connectivity index (χ2v) is 6.95. The number of benzene rings is 1. The molecule has 0 radical (unpaired) electrons. The molecule has 1 aromatic rings. The van der Waals surface area contributed by atoms with Crippen molar-refractivity contribution in [1.82, 2.24) is 9.80 Å². The summed E-state index contributed by atoms with van der Waals surface area (Å²) in [5.41, 5.74) is 1.03. The molecule has 3 nitrogen and oxygen atoms in total. The highest BCUT2D eigenvalue weighted by molar-refractivity contribution is 7.44. The van der Waals surface area contributed by atoms with Gasteiger partial charge in [0.1, 0.15) is 5.82 Å². The van der Waals surface area contributed by atoms with Gasteiger partial charge in [0.2, 0.25) is 5.91 Å². The van der Waals surface area contributed by atoms with E-state index in [0.29, 0.717) is 21.2 Å². The van der Waals surface area contributed by atoms with Crippen molar-refractivity contribution in [3.8, 4) is 0 Å². The molecule has 0 spiro atoms. The van der Waals surface area contributed by atoms with Crippen molar-refractivity contribution >= 4 is 14.5 Å². The van der Waals surface area contributed by atoms with E-state index >= 15 is 0 Å². The quantitative estimate of drug-likeness (QED) is 0.652. The lowest BCUT2D eigenvalue weighted by Crippen LogP contribution is -2.37. The van der Waals surface area contributed by atoms with Crippen LogP contribution in [0.4, 0.5) is 4.39 Å². The molecule has 1 unspecified atom stereocenters. The molecule has 0 aliphatic carbocycles. The van der Waals surface area contributed by atoms with E-state index in [4.69, 9.17) is 0 Å². The first kappa shape index (κ1) is 18.8. The average Bonchev–Trinajstić information content (AvgIpc) is 2.48. The summed E-state index contributed by atoms with van der Waals surface area (Å²) in [4.78, 5) is 16.2. The molecule has 1 aromatic carbocycles. The van der Waals surface area contributed by atoms with Gasteiger partial charge in [0.05, 0.1) is 0 Å². The first-order valence-electron chi connectivity index (χ1n) is 7.51. The minimum absolute atomic E-state index is 0.183. The van der Waals surface area contributed by atoms with Gasteiger partial charge in [-0.15, -0.1) is 0 Å². The van der Waals surface area contributed by atoms with E-state index < -0.39 is 0 Å². The number of hydrogen-bond donors (Lipinski definition) is 0. The molecule has 0 N–H and O–H groups in total. The molecular weight excluding hydrogens is 298 g/mol. The molecular formula is C17H26FN2OP. The number of hydrogen-bond acceptors (Lipinski definition) is 2. The molecule has 0 aliphatic rings. The normalized spacial score (nSPS) is 11.3. The summed E-state index contributed by atoms with van der Waals surface area (Å²) in [6, 6.07) is 6.44. The third-order valence-electron chi connectivity index (χ3n) is 3.37. The van der Waals surface area contributed by atoms with Gasteiger partial charge in [-0.05, 0) is 45.1 Å². The highest BCUT2D eigenvalue weighted by Gasteiger charge is 2.12. The van der Waals surface area contributed by atoms with E-state index in [1.54, 1.807) is 12.1 Å². The van der Waals surface area contributed by atoms with Crippen LogP contribution in [0, 0.1) is 5.82 Å². The zero-order valence-corrected chi connectivity index (χ0v) is 14.7. The van der Waals surface area contributed by atoms with Crippen LogP contribution in [0.1, 0.15) is 12.5 Å². The largest absolute Gasteiger partial charge is 0.341 e. The van der Waals surface area contributed by atoms with E-state index in [9.17, 15) is 9.18 Å². The summed E-state index contributed by atoms with van der Waals surface area (Å²) in [5, 5.41) is 1.03. The Labute approximate surface area is 135 Å². The van der Waals surface area contributed by atoms with Crippen molar-refractivity contribution in [3.63, 3.8) is 0 Å². The third kappa shape index (κ3) is 7.15. The van der Waals surface area contributed by atoms with Crippen molar-refractivity contribution in [2.24, 2.45) is 0 Å². The summed E-state index contributed by atoms with van der Waals surface area (Å²) >= 11 is 0. The summed E-state index contributed by atoms with van der Waals surface area (Å²) in [6.45, 7) is 8.42. The van der Waals surface area contributed by atoms with Crippen LogP contribution in [-0.4, -0.2) is 55.6 Å². The summed E-state index contributed by atoms with van der Waals surface area (Å²) in [6.07, 6.45) is 1.22. The van der Waals surface area contributed by atoms with Crippen LogP contribution >= 0.6 is 8.58 Å². The number of rotatable bonds is 9. The SMILES string of the molecule is C=C(Cc1ccc(F)cc1)PCC(=O)N(CC)CCN(C)C. The van der Waals surface area contributed by atoms with Crippen LogP contribution in [0.25, 0.3) is 0 Å². The van der Waals surface area contributed by atoms with Crippen molar-refractivity contribution in [3.05, 3.63) is 47.5 Å². The zero-order valence-electron chi connectivity index (χ0n) is 13.7. The molecule has 0 saturated carbocycles. The number of allylic oxidation sites excluding steroid dienone is 1. The van der Waals surface area contributed by atoms with Crippen LogP contribution < -0.4 is 0 Å². The molecule has 0 aliphatic heterocycles. The van der Waals surface area contributed by atoms with Gasteiger partial charge in [0, 0.05) is 25.8 Å². The van der Waals surface area contributed by atoms with Gasteiger partial charge in [-0.2, -0.15) is 0 Å². The summed E-state index contributed by atoms with van der Waals surface area (Å²) in [7, 11) is 4.42. The van der Waals surface area contributed by atoms with E-state index in [-0.39, 0.29) is 11.7 Å². The predicted octanol–water partition coefficient (Wildman–Crippen LogP) is 2.97. The molecule has 1 rings (SSSR count). The predicted molar refractivity (Wildman–Crippen MR) is 93.2 cm³/mol. The highest BCUT2D eigenvalue weighted by atomic mass is 31.1. The number of carbonyl (C=O) groups excluding carboxylic acids is 1. The van der Waals surface area contributed by atoms with Crippen molar-refractivity contribution in [2.45, 2.75) is 13.3 Å². The third-order valence-corrected chi connectivity index (χ3v) is 4.53. The fraction of sp³-hybridized carbons (Fsp3) is 0.471. The van der Waals surface area contributed by atoms with Gasteiger partial charge < -0.3 is 9.80 Å². The van der Waals surface area contributed by atoms with Gasteiger partial charge in [0.25, 0.3) is 0 Å². The monoisotopic (exact) mass is 324 g/mol. The lowest BCUT2D eigenvalue weighted by atomic mass is 10.1. The number of likely N-dealkylation sites (N-methyl/N-ethyl adjacent to an activating group) is 2. The lowest BCUT2D eigenvalue weighted by Gasteiger charge is -2.23. The van der Waals surface area contributed by atoms with Crippen LogP contribution in [-0.2, 0) is 11.2 Å². The number of nitrogens with zero attached hydrogens (tertiary/aromatic N) is 2. The van der Waals surface area contributed by atoms with Gasteiger partial charge >= 0.3 is 0 Å². The molecule has 1 atom stereocenters. The van der Waals surface area contributed by atoms with Crippen LogP contribution in [0.2, 0.25) is 0 Å². The highest BCUT2D eigenvalue weighted by Crippen LogP contribution is 2.25. The molecule has 5 heteroatoms. The number of carbonyl (C=O) groups is 1. The molecule has 0 aromatic heterocycles. The fourth-order valence-electron chi connectivity index (χ4n) is 2.00. The van der Waals surface area contributed by atoms with E-state index in [1.807, 2.05) is 25.9 Å². The van der Waals surface area contributed by atoms with Crippen molar-refractivity contribution < 1.29 is 9.18 Å². The molecule has 22 heavy (non-hydrogen) atoms. The molecule has 1 amide bonds. The van der Waals surface area contributed by atoms with E-state index in [1.165, 1.54) is 12.1 Å². The van der Waals surface area contributed by atoms with Crippen molar-refractivity contribution in [2.75, 3.05) is 39.9 Å². The van der Waals surface area contributed by atoms with Crippen LogP contribution in [0.3, 0.4) is 0 Å². The lowest BCUT2D eigenvalue weighted by molar-refractivity contribution is -0.128. The first-order valence-corrected chi connectivity index (χ1v) is 8.71. The Hall–Kier alpha value is -1.25. The standard InChI is InChI=1S/C17H26FN2OP/c1-5-20(11-10-19(3)4)17(21)13-22-14(2)12-15-6-8-16(18)9-7-15/h6-9,22H,2,5,10-13H2,1,3-4H3. The zero-order chi connectivity index (χ0) is 16.5. The minimum atomic E-state index is -0.230. The Morgan fingerprint density at radius 1 is 1.23 bits per heavy atom. The van der Waals surface area contributed by atoms with Crippen molar-refractivity contribution in [1.29, 1.82) is 0 Å². The maximum Gasteiger partial charge on any atom is 0.226 e. The Kier molecular flexibility index (Phi) is 8.29. The summed E-state index contributed by atoms with van der Waals surface area (Å²) in [5.74, 6) is -0.0468. The minimum Gasteiger partial charge on any atom is -0.341 e. The van der Waals surface area contributed by atoms with E-state index in [0.717, 1.165) is 30.5 Å². The van der Waals surface area contributed by atoms with Gasteiger partial charge in [-0.25, -0.2) is 4.39 Å². The number of halogens is 1. The maximum absolute atomic E-state index is 12.9. The Morgan fingerprint density at radius 2 is 1.86 bits per heavy atom. The second-order valence-electron chi connectivity index (χ2n) is 5.54. The van der Waals surface area contributed by atoms with Gasteiger partial charge in [0.15, 0.2) is 0 Å². The fourth-order valence-corrected chi connectivity index (χ4v) is 2.96. The Balaban J connectivity index is 2.38. The maximum atomic E-state index is 12.9. The molecule has 122 valence electrons. The molecule has 0 fully saturated rings.